The van der Waals surface area contributed by atoms with Crippen molar-refractivity contribution in [3.05, 3.63) is 506 Å². The van der Waals surface area contributed by atoms with Crippen LogP contribution in [0.3, 0.4) is 0 Å². The lowest BCUT2D eigenvalue weighted by Crippen LogP contribution is -2.28. The van der Waals surface area contributed by atoms with Crippen molar-refractivity contribution in [1.82, 2.24) is 0 Å². The molecular weight excluding hydrogens is 1460 g/mol. The summed E-state index contributed by atoms with van der Waals surface area (Å²) in [5.74, 6) is 0. The number of rotatable bonds is 14. The van der Waals surface area contributed by atoms with Crippen molar-refractivity contribution in [2.45, 2.75) is 10.8 Å². The Morgan fingerprint density at radius 1 is 0.186 bits per heavy atom. The molecule has 554 valence electrons. The highest BCUT2D eigenvalue weighted by Crippen LogP contribution is 2.61. The highest BCUT2D eigenvalue weighted by Gasteiger charge is 2.49. The molecule has 1 unspecified atom stereocenters. The number of hydrogen-bond donors (Lipinski definition) is 0. The second kappa shape index (κ2) is 29.4. The fourth-order valence-electron chi connectivity index (χ4n) is 19.3. The predicted octanol–water partition coefficient (Wildman–Crippen LogP) is 31.6. The van der Waals surface area contributed by atoms with Gasteiger partial charge in [-0.05, 0) is 195 Å². The lowest BCUT2D eigenvalue weighted by molar-refractivity contribution is 0.770. The van der Waals surface area contributed by atoms with Gasteiger partial charge in [0, 0.05) is 53.7 Å². The summed E-state index contributed by atoms with van der Waals surface area (Å²) >= 11 is 3.81. The molecule has 0 radical (unpaired) electrons. The summed E-state index contributed by atoms with van der Waals surface area (Å²) in [4.78, 5) is 4.92. The molecule has 0 spiro atoms. The number of fused-ring (bicyclic) bond motifs is 14. The molecule has 0 bridgehead atoms. The first-order chi connectivity index (χ1) is 58.5. The van der Waals surface area contributed by atoms with E-state index in [9.17, 15) is 0 Å². The summed E-state index contributed by atoms with van der Waals surface area (Å²) in [6, 6.07) is 170. The highest BCUT2D eigenvalue weighted by atomic mass is 32.1. The first-order valence-electron chi connectivity index (χ1n) is 40.6. The maximum absolute atomic E-state index is 2.50. The van der Waals surface area contributed by atoms with Crippen molar-refractivity contribution in [2.75, 3.05) is 9.80 Å². The van der Waals surface area contributed by atoms with Gasteiger partial charge in [-0.15, -0.1) is 22.7 Å². The summed E-state index contributed by atoms with van der Waals surface area (Å²) in [7, 11) is 0. The van der Waals surface area contributed by atoms with E-state index >= 15 is 0 Å². The maximum atomic E-state index is 2.50. The van der Waals surface area contributed by atoms with Gasteiger partial charge in [0.25, 0.3) is 0 Å². The van der Waals surface area contributed by atoms with Crippen LogP contribution in [0.5, 0.6) is 0 Å². The van der Waals surface area contributed by atoms with E-state index in [-0.39, 0.29) is 0 Å². The zero-order valence-corrected chi connectivity index (χ0v) is 66.2. The molecule has 118 heavy (non-hydrogen) atoms. The van der Waals surface area contributed by atoms with Crippen LogP contribution in [0.25, 0.3) is 118 Å². The average Bonchev–Trinajstić information content (AvgIpc) is 1.53. The Balaban J connectivity index is 0.000000143. The van der Waals surface area contributed by atoms with Crippen LogP contribution in [0.15, 0.2) is 461 Å². The van der Waals surface area contributed by atoms with E-state index in [2.05, 4.69) is 471 Å². The molecular formula is C114H76N2S2. The standard InChI is InChI=1S/C59H39NS.C55H37NS/c1-4-17-40(18-5-1)43-22-14-26-47(37-43)60(48-27-15-23-44(38-48)41-19-6-2-7-20-41)55-32-16-30-50-52-39-46(34-36-56(52)61-58(50)55)59(45-24-8-3-9-25-45)53-31-13-12-29-51(53)57-49-28-11-10-21-42(49)33-35-54(57)59;1-4-18-38(19-5-1)40-22-14-26-43(36-40)56(44-27-15-23-41(37-44)39-20-6-2-7-21-39)52-35-17-31-48-47-30-16-34-51(53(47)57-54(48)52)55(42-24-8-3-9-25-42)49-32-12-10-28-45(49)46-29-11-13-33-50(46)55/h1-39H;1-37H. The van der Waals surface area contributed by atoms with Gasteiger partial charge in [-0.3, -0.25) is 0 Å². The Morgan fingerprint density at radius 3 is 1.02 bits per heavy atom. The third kappa shape index (κ3) is 11.6. The van der Waals surface area contributed by atoms with Crippen LogP contribution >= 0.6 is 22.7 Å². The van der Waals surface area contributed by atoms with Gasteiger partial charge in [0.1, 0.15) is 0 Å². The van der Waals surface area contributed by atoms with E-state index in [0.29, 0.717) is 0 Å². The Kier molecular flexibility index (Phi) is 17.5. The first-order valence-corrected chi connectivity index (χ1v) is 42.2. The average molecular weight is 1540 g/mol. The highest BCUT2D eigenvalue weighted by molar-refractivity contribution is 7.27. The van der Waals surface area contributed by atoms with E-state index < -0.39 is 10.8 Å². The molecule has 2 aliphatic carbocycles. The number of benzene rings is 19. The van der Waals surface area contributed by atoms with Gasteiger partial charge < -0.3 is 9.80 Å². The lowest BCUT2D eigenvalue weighted by atomic mass is 9.67. The smallest absolute Gasteiger partial charge is 0.0727 e. The topological polar surface area (TPSA) is 6.48 Å². The second-order valence-corrected chi connectivity index (χ2v) is 32.9. The van der Waals surface area contributed by atoms with Gasteiger partial charge in [0.15, 0.2) is 0 Å². The van der Waals surface area contributed by atoms with Crippen LogP contribution in [0.2, 0.25) is 0 Å². The van der Waals surface area contributed by atoms with Crippen molar-refractivity contribution in [1.29, 1.82) is 0 Å². The minimum atomic E-state index is -0.501. The zero-order valence-electron chi connectivity index (χ0n) is 64.6. The summed E-state index contributed by atoms with van der Waals surface area (Å²) < 4.78 is 5.11. The fourth-order valence-corrected chi connectivity index (χ4v) is 21.9. The first kappa shape index (κ1) is 70.1. The maximum Gasteiger partial charge on any atom is 0.0727 e. The number of thiophene rings is 2. The van der Waals surface area contributed by atoms with E-state index in [1.165, 1.54) is 162 Å². The van der Waals surface area contributed by atoms with Gasteiger partial charge in [0.05, 0.1) is 31.6 Å². The largest absolute Gasteiger partial charge is 0.309 e. The monoisotopic (exact) mass is 1540 g/mol. The summed E-state index contributed by atoms with van der Waals surface area (Å²) in [6.07, 6.45) is 0. The van der Waals surface area contributed by atoms with Crippen LogP contribution in [0, 0.1) is 0 Å². The van der Waals surface area contributed by atoms with Gasteiger partial charge >= 0.3 is 0 Å². The fraction of sp³-hybridized carbons (Fsp3) is 0.0175. The molecule has 0 fully saturated rings. The number of anilines is 6. The van der Waals surface area contributed by atoms with Gasteiger partial charge in [-0.25, -0.2) is 0 Å². The van der Waals surface area contributed by atoms with E-state index in [4.69, 9.17) is 0 Å². The molecule has 2 aliphatic rings. The van der Waals surface area contributed by atoms with E-state index in [1.54, 1.807) is 0 Å². The van der Waals surface area contributed by atoms with Crippen molar-refractivity contribution in [3.8, 4) is 66.8 Å². The Bertz CT molecular complexity index is 7170. The van der Waals surface area contributed by atoms with Gasteiger partial charge in [-0.1, -0.05) is 388 Å². The molecule has 0 N–H and O–H groups in total. The summed E-state index contributed by atoms with van der Waals surface area (Å²) in [5, 5.41) is 7.64. The third-order valence-electron chi connectivity index (χ3n) is 24.4. The number of nitrogens with zero attached hydrogens (tertiary/aromatic N) is 2. The molecule has 0 saturated heterocycles. The van der Waals surface area contributed by atoms with Gasteiger partial charge in [-0.2, -0.15) is 0 Å². The lowest BCUT2D eigenvalue weighted by Gasteiger charge is -2.34. The van der Waals surface area contributed by atoms with E-state index in [0.717, 1.165) is 34.1 Å². The molecule has 0 saturated carbocycles. The second-order valence-electron chi connectivity index (χ2n) is 30.8. The van der Waals surface area contributed by atoms with E-state index in [1.807, 2.05) is 22.7 Å². The molecule has 2 heterocycles. The predicted molar refractivity (Wildman–Crippen MR) is 502 cm³/mol. The van der Waals surface area contributed by atoms with Crippen LogP contribution in [-0.4, -0.2) is 0 Å². The Morgan fingerprint density at radius 2 is 0.534 bits per heavy atom. The zero-order chi connectivity index (χ0) is 78.1. The summed E-state index contributed by atoms with van der Waals surface area (Å²) in [5.41, 5.74) is 31.1. The SMILES string of the molecule is c1ccc(-c2cccc(N(c3cccc(-c4ccccc4)c3)c3cccc4c3sc3c(C5(c6ccccc6)c6ccccc6-c6ccccc65)cccc34)c2)cc1.c1ccc(-c2cccc(N(c3cccc(-c4ccccc4)c3)c3cccc4c3sc3ccc(C5(c6ccccc6)c6ccccc6-c6c5ccc5ccccc65)cc34)c2)cc1. The van der Waals surface area contributed by atoms with Crippen LogP contribution in [0.4, 0.5) is 34.1 Å². The molecule has 2 nitrogen and oxygen atoms in total. The quantitative estimate of drug-likeness (QED) is 0.107. The number of hydrogen-bond acceptors (Lipinski definition) is 4. The normalized spacial score (nSPS) is 13.5. The molecule has 1 atom stereocenters. The molecule has 21 aromatic rings. The molecule has 2 aromatic heterocycles. The molecule has 0 aliphatic heterocycles. The molecule has 23 rings (SSSR count). The van der Waals surface area contributed by atoms with Crippen molar-refractivity contribution >= 4 is 108 Å². The van der Waals surface area contributed by atoms with Crippen molar-refractivity contribution < 1.29 is 0 Å². The van der Waals surface area contributed by atoms with Crippen molar-refractivity contribution in [3.63, 3.8) is 0 Å². The molecule has 4 heteroatoms. The molecule has 0 amide bonds. The van der Waals surface area contributed by atoms with Gasteiger partial charge in [0.2, 0.25) is 0 Å². The Hall–Kier alpha value is -14.5. The minimum Gasteiger partial charge on any atom is -0.309 e. The molecule has 19 aromatic carbocycles. The van der Waals surface area contributed by atoms with Crippen LogP contribution in [0.1, 0.15) is 44.5 Å². The van der Waals surface area contributed by atoms with Crippen LogP contribution in [-0.2, 0) is 10.8 Å². The summed E-state index contributed by atoms with van der Waals surface area (Å²) in [6.45, 7) is 0. The van der Waals surface area contributed by atoms with Crippen LogP contribution < -0.4 is 9.80 Å². The third-order valence-corrected chi connectivity index (χ3v) is 26.9. The van der Waals surface area contributed by atoms with Crippen molar-refractivity contribution in [2.24, 2.45) is 0 Å². The minimum absolute atomic E-state index is 0.483. The Labute approximate surface area is 695 Å².